The van der Waals surface area contributed by atoms with Crippen LogP contribution >= 0.6 is 0 Å². The standard InChI is InChI=1S/C27H27N3O3/c1-2-29(18-6-4-3-5-7-18)15-16-8-10-17(11-9-16)25(31)28-30-26(32)23-19-12-13-20(22-14-21(19)22)24(23)27(30)33/h3-13,19-24H,2,14-15H2,1H3,(H,28,31)/t19?,20?,21?,22?,23-,24+. The third kappa shape index (κ3) is 3.19. The number of imide groups is 1. The van der Waals surface area contributed by atoms with E-state index >= 15 is 0 Å². The van der Waals surface area contributed by atoms with Crippen molar-refractivity contribution in [3.63, 3.8) is 0 Å². The lowest BCUT2D eigenvalue weighted by molar-refractivity contribution is -0.143. The number of hydrogen-bond acceptors (Lipinski definition) is 4. The van der Waals surface area contributed by atoms with Crippen LogP contribution in [0.1, 0.15) is 29.3 Å². The summed E-state index contributed by atoms with van der Waals surface area (Å²) < 4.78 is 0. The molecule has 0 aromatic heterocycles. The molecule has 3 fully saturated rings. The Morgan fingerprint density at radius 2 is 1.55 bits per heavy atom. The van der Waals surface area contributed by atoms with Crippen molar-refractivity contribution in [2.24, 2.45) is 35.5 Å². The van der Waals surface area contributed by atoms with Crippen LogP contribution in [0.3, 0.4) is 0 Å². The number of amides is 3. The molecule has 33 heavy (non-hydrogen) atoms. The fourth-order valence-electron chi connectivity index (χ4n) is 6.24. The van der Waals surface area contributed by atoms with Gasteiger partial charge < -0.3 is 4.90 Å². The maximum Gasteiger partial charge on any atom is 0.270 e. The zero-order valence-electron chi connectivity index (χ0n) is 18.6. The third-order valence-corrected chi connectivity index (χ3v) is 7.97. The van der Waals surface area contributed by atoms with Gasteiger partial charge in [-0.05, 0) is 66.8 Å². The van der Waals surface area contributed by atoms with Crippen LogP contribution in [-0.2, 0) is 16.1 Å². The molecule has 5 aliphatic rings. The van der Waals surface area contributed by atoms with E-state index in [4.69, 9.17) is 0 Å². The molecular formula is C27H27N3O3. The second-order valence-electron chi connectivity index (χ2n) is 9.65. The number of hydrazine groups is 1. The Bertz CT molecular complexity index is 1110. The highest BCUT2D eigenvalue weighted by Crippen LogP contribution is 2.65. The number of nitrogens with one attached hydrogen (secondary N) is 1. The van der Waals surface area contributed by atoms with Gasteiger partial charge in [0, 0.05) is 24.3 Å². The van der Waals surface area contributed by atoms with Gasteiger partial charge >= 0.3 is 0 Å². The molecule has 6 atom stereocenters. The monoisotopic (exact) mass is 441 g/mol. The van der Waals surface area contributed by atoms with Crippen molar-refractivity contribution in [1.82, 2.24) is 10.4 Å². The van der Waals surface area contributed by atoms with Crippen LogP contribution in [-0.4, -0.2) is 29.3 Å². The van der Waals surface area contributed by atoms with Crippen LogP contribution in [0.4, 0.5) is 5.69 Å². The van der Waals surface area contributed by atoms with Gasteiger partial charge in [-0.15, -0.1) is 0 Å². The molecule has 1 heterocycles. The van der Waals surface area contributed by atoms with Crippen molar-refractivity contribution in [2.75, 3.05) is 11.4 Å². The summed E-state index contributed by atoms with van der Waals surface area (Å²) in [4.78, 5) is 41.3. The molecule has 168 valence electrons. The zero-order chi connectivity index (χ0) is 22.7. The van der Waals surface area contributed by atoms with Crippen molar-refractivity contribution in [1.29, 1.82) is 0 Å². The van der Waals surface area contributed by atoms with Gasteiger partial charge in [-0.1, -0.05) is 42.5 Å². The predicted molar refractivity (Wildman–Crippen MR) is 124 cm³/mol. The maximum absolute atomic E-state index is 13.1. The number of anilines is 1. The van der Waals surface area contributed by atoms with Crippen molar-refractivity contribution in [2.45, 2.75) is 19.9 Å². The minimum Gasteiger partial charge on any atom is -0.367 e. The maximum atomic E-state index is 13.1. The quantitative estimate of drug-likeness (QED) is 0.551. The summed E-state index contributed by atoms with van der Waals surface area (Å²) in [5.41, 5.74) is 5.27. The van der Waals surface area contributed by atoms with E-state index in [0.29, 0.717) is 17.4 Å². The van der Waals surface area contributed by atoms with Gasteiger partial charge in [0.05, 0.1) is 11.8 Å². The van der Waals surface area contributed by atoms with E-state index in [1.165, 1.54) is 0 Å². The van der Waals surface area contributed by atoms with Crippen molar-refractivity contribution >= 4 is 23.4 Å². The van der Waals surface area contributed by atoms with Crippen LogP contribution in [0.2, 0.25) is 0 Å². The minimum atomic E-state index is -0.428. The molecule has 2 aromatic carbocycles. The van der Waals surface area contributed by atoms with Gasteiger partial charge in [0.25, 0.3) is 17.7 Å². The SMILES string of the molecule is CCN(Cc1ccc(C(=O)NN2C(=O)[C@@H]3C4C=CC(C5CC54)[C@@H]3C2=O)cc1)c1ccccc1. The van der Waals surface area contributed by atoms with Crippen LogP contribution in [0.25, 0.3) is 0 Å². The molecule has 2 aromatic rings. The highest BCUT2D eigenvalue weighted by atomic mass is 16.2. The van der Waals surface area contributed by atoms with Gasteiger partial charge in [-0.25, -0.2) is 0 Å². The fraction of sp³-hybridized carbons (Fsp3) is 0.370. The van der Waals surface area contributed by atoms with E-state index in [0.717, 1.165) is 35.8 Å². The summed E-state index contributed by atoms with van der Waals surface area (Å²) in [6.07, 6.45) is 5.38. The van der Waals surface area contributed by atoms with Crippen molar-refractivity contribution in [3.8, 4) is 0 Å². The first-order chi connectivity index (χ1) is 16.1. The highest BCUT2D eigenvalue weighted by molar-refractivity contribution is 6.08. The normalized spacial score (nSPS) is 30.8. The molecule has 6 heteroatoms. The molecule has 3 amide bonds. The Morgan fingerprint density at radius 1 is 0.939 bits per heavy atom. The number of allylic oxidation sites excluding steroid dienone is 2. The average Bonchev–Trinajstić information content (AvgIpc) is 3.64. The van der Waals surface area contributed by atoms with Gasteiger partial charge in [0.1, 0.15) is 0 Å². The average molecular weight is 442 g/mol. The van der Waals surface area contributed by atoms with E-state index in [1.807, 2.05) is 30.3 Å². The molecule has 0 spiro atoms. The minimum absolute atomic E-state index is 0.147. The number of para-hydroxylation sites is 1. The van der Waals surface area contributed by atoms with Crippen LogP contribution in [0.5, 0.6) is 0 Å². The van der Waals surface area contributed by atoms with Crippen LogP contribution in [0.15, 0.2) is 66.7 Å². The lowest BCUT2D eigenvalue weighted by Gasteiger charge is -2.37. The lowest BCUT2D eigenvalue weighted by atomic mass is 9.63. The summed E-state index contributed by atoms with van der Waals surface area (Å²) in [6, 6.07) is 17.6. The smallest absolute Gasteiger partial charge is 0.270 e. The summed E-state index contributed by atoms with van der Waals surface area (Å²) in [7, 11) is 0. The number of nitrogens with zero attached hydrogens (tertiary/aromatic N) is 2. The number of rotatable bonds is 6. The molecule has 2 bridgehead atoms. The summed E-state index contributed by atoms with van der Waals surface area (Å²) in [5, 5.41) is 0.998. The zero-order valence-corrected chi connectivity index (χ0v) is 18.6. The molecule has 4 aliphatic carbocycles. The van der Waals surface area contributed by atoms with E-state index in [-0.39, 0.29) is 35.5 Å². The molecule has 2 saturated carbocycles. The molecule has 1 N–H and O–H groups in total. The van der Waals surface area contributed by atoms with E-state index in [9.17, 15) is 14.4 Å². The Labute approximate surface area is 193 Å². The van der Waals surface area contributed by atoms with Crippen LogP contribution in [0, 0.1) is 35.5 Å². The van der Waals surface area contributed by atoms with Gasteiger partial charge in [0.2, 0.25) is 0 Å². The Morgan fingerprint density at radius 3 is 2.12 bits per heavy atom. The second-order valence-corrected chi connectivity index (χ2v) is 9.65. The largest absolute Gasteiger partial charge is 0.367 e. The first-order valence-corrected chi connectivity index (χ1v) is 11.8. The van der Waals surface area contributed by atoms with Gasteiger partial charge in [-0.3, -0.25) is 19.8 Å². The van der Waals surface area contributed by atoms with Crippen LogP contribution < -0.4 is 10.3 Å². The predicted octanol–water partition coefficient (Wildman–Crippen LogP) is 3.41. The third-order valence-electron chi connectivity index (χ3n) is 7.97. The fourth-order valence-corrected chi connectivity index (χ4v) is 6.24. The molecule has 1 aliphatic heterocycles. The lowest BCUT2D eigenvalue weighted by Crippen LogP contribution is -2.46. The number of carbonyl (C=O) groups is 3. The van der Waals surface area contributed by atoms with Crippen molar-refractivity contribution in [3.05, 3.63) is 77.9 Å². The molecule has 7 rings (SSSR count). The Hall–Kier alpha value is -3.41. The summed E-state index contributed by atoms with van der Waals surface area (Å²) in [6.45, 7) is 3.71. The summed E-state index contributed by atoms with van der Waals surface area (Å²) in [5.74, 6) is -0.166. The molecule has 4 unspecified atom stereocenters. The van der Waals surface area contributed by atoms with Gasteiger partial charge in [-0.2, -0.15) is 5.01 Å². The molecule has 1 saturated heterocycles. The summed E-state index contributed by atoms with van der Waals surface area (Å²) >= 11 is 0. The van der Waals surface area contributed by atoms with E-state index in [2.05, 4.69) is 41.5 Å². The van der Waals surface area contributed by atoms with Gasteiger partial charge in [0.15, 0.2) is 0 Å². The first-order valence-electron chi connectivity index (χ1n) is 11.8. The first kappa shape index (κ1) is 20.2. The topological polar surface area (TPSA) is 69.7 Å². The Kier molecular flexibility index (Phi) is 4.64. The van der Waals surface area contributed by atoms with Crippen molar-refractivity contribution < 1.29 is 14.4 Å². The molecule has 6 nitrogen and oxygen atoms in total. The van der Waals surface area contributed by atoms with E-state index < -0.39 is 5.91 Å². The highest BCUT2D eigenvalue weighted by Gasteiger charge is 2.67. The molecular weight excluding hydrogens is 414 g/mol. The second kappa shape index (κ2) is 7.58. The molecule has 0 radical (unpaired) electrons. The number of hydrogen-bond donors (Lipinski definition) is 1. The number of carbonyl (C=O) groups excluding carboxylic acids is 3. The number of benzene rings is 2. The Balaban J connectivity index is 1.13. The van der Waals surface area contributed by atoms with E-state index in [1.54, 1.807) is 12.1 Å².